The van der Waals surface area contributed by atoms with Crippen molar-refractivity contribution in [3.8, 4) is 17.1 Å². The summed E-state index contributed by atoms with van der Waals surface area (Å²) in [4.78, 5) is 16.3. The predicted octanol–water partition coefficient (Wildman–Crippen LogP) is 6.10. The minimum atomic E-state index is -0.932. The standard InChI is InChI=1S/C26H24N2O3/c29-26(30)20-12-15-24-23(16-20)27-25(28(24)21-8-4-5-9-21)19-10-13-22(14-11-19)31-17-18-6-2-1-3-7-18/h1-3,6-7,10-16,21H,4-5,8-9,17H2,(H,29,30). The third-order valence-electron chi connectivity index (χ3n) is 5.99. The Morgan fingerprint density at radius 1 is 1.00 bits per heavy atom. The first kappa shape index (κ1) is 19.4. The lowest BCUT2D eigenvalue weighted by atomic mass is 10.1. The number of carbonyl (C=O) groups is 1. The largest absolute Gasteiger partial charge is 0.489 e. The first-order chi connectivity index (χ1) is 15.2. The van der Waals surface area contributed by atoms with Gasteiger partial charge in [0.2, 0.25) is 0 Å². The van der Waals surface area contributed by atoms with E-state index in [-0.39, 0.29) is 5.56 Å². The van der Waals surface area contributed by atoms with E-state index in [0.717, 1.165) is 46.6 Å². The van der Waals surface area contributed by atoms with Gasteiger partial charge in [0.05, 0.1) is 16.6 Å². The molecule has 0 unspecified atom stereocenters. The summed E-state index contributed by atoms with van der Waals surface area (Å²) in [6, 6.07) is 23.7. The van der Waals surface area contributed by atoms with E-state index in [4.69, 9.17) is 9.72 Å². The molecule has 5 nitrogen and oxygen atoms in total. The van der Waals surface area contributed by atoms with Crippen molar-refractivity contribution >= 4 is 17.0 Å². The molecule has 0 aliphatic heterocycles. The summed E-state index contributed by atoms with van der Waals surface area (Å²) in [5, 5.41) is 9.36. The Morgan fingerprint density at radius 3 is 2.45 bits per heavy atom. The zero-order chi connectivity index (χ0) is 21.2. The first-order valence-electron chi connectivity index (χ1n) is 10.7. The zero-order valence-corrected chi connectivity index (χ0v) is 17.2. The normalized spacial score (nSPS) is 14.2. The van der Waals surface area contributed by atoms with E-state index >= 15 is 0 Å². The maximum absolute atomic E-state index is 11.4. The van der Waals surface area contributed by atoms with E-state index < -0.39 is 5.97 Å². The van der Waals surface area contributed by atoms with Gasteiger partial charge in [-0.15, -0.1) is 0 Å². The van der Waals surface area contributed by atoms with Crippen LogP contribution in [0.2, 0.25) is 0 Å². The SMILES string of the molecule is O=C(O)c1ccc2c(c1)nc(-c1ccc(OCc3ccccc3)cc1)n2C1CCCC1. The Balaban J connectivity index is 1.48. The average molecular weight is 412 g/mol. The molecule has 0 radical (unpaired) electrons. The van der Waals surface area contributed by atoms with Crippen LogP contribution < -0.4 is 4.74 Å². The second kappa shape index (κ2) is 8.26. The molecule has 0 saturated heterocycles. The molecule has 1 saturated carbocycles. The van der Waals surface area contributed by atoms with Crippen LogP contribution in [-0.2, 0) is 6.61 Å². The summed E-state index contributed by atoms with van der Waals surface area (Å²) >= 11 is 0. The molecule has 1 heterocycles. The predicted molar refractivity (Wildman–Crippen MR) is 120 cm³/mol. The first-order valence-corrected chi connectivity index (χ1v) is 10.7. The summed E-state index contributed by atoms with van der Waals surface area (Å²) in [6.07, 6.45) is 4.67. The van der Waals surface area contributed by atoms with E-state index in [1.807, 2.05) is 60.7 Å². The van der Waals surface area contributed by atoms with E-state index in [2.05, 4.69) is 4.57 Å². The van der Waals surface area contributed by atoms with Crippen molar-refractivity contribution in [2.75, 3.05) is 0 Å². The molecule has 1 aliphatic carbocycles. The fourth-order valence-corrected chi connectivity index (χ4v) is 4.41. The van der Waals surface area contributed by atoms with Crippen LogP contribution in [0.1, 0.15) is 47.6 Å². The fraction of sp³-hybridized carbons (Fsp3) is 0.231. The lowest BCUT2D eigenvalue weighted by Crippen LogP contribution is -2.06. The van der Waals surface area contributed by atoms with Crippen molar-refractivity contribution < 1.29 is 14.6 Å². The van der Waals surface area contributed by atoms with Crippen LogP contribution >= 0.6 is 0 Å². The number of benzene rings is 3. The summed E-state index contributed by atoms with van der Waals surface area (Å²) < 4.78 is 8.22. The maximum Gasteiger partial charge on any atom is 0.335 e. The van der Waals surface area contributed by atoms with Crippen LogP contribution in [-0.4, -0.2) is 20.6 Å². The van der Waals surface area contributed by atoms with Gasteiger partial charge in [0.25, 0.3) is 0 Å². The summed E-state index contributed by atoms with van der Waals surface area (Å²) in [5.74, 6) is 0.766. The van der Waals surface area contributed by atoms with Gasteiger partial charge in [-0.3, -0.25) is 0 Å². The molecule has 1 fully saturated rings. The molecule has 0 amide bonds. The number of aromatic nitrogens is 2. The molecule has 4 aromatic rings. The van der Waals surface area contributed by atoms with Crippen LogP contribution in [0, 0.1) is 0 Å². The summed E-state index contributed by atoms with van der Waals surface area (Å²) in [7, 11) is 0. The monoisotopic (exact) mass is 412 g/mol. The Hall–Kier alpha value is -3.60. The van der Waals surface area contributed by atoms with Crippen molar-refractivity contribution in [2.24, 2.45) is 0 Å². The highest BCUT2D eigenvalue weighted by atomic mass is 16.5. The number of fused-ring (bicyclic) bond motifs is 1. The molecule has 156 valence electrons. The third-order valence-corrected chi connectivity index (χ3v) is 5.99. The Bertz CT molecular complexity index is 1210. The smallest absolute Gasteiger partial charge is 0.335 e. The topological polar surface area (TPSA) is 64.3 Å². The minimum Gasteiger partial charge on any atom is -0.489 e. The minimum absolute atomic E-state index is 0.264. The second-order valence-corrected chi connectivity index (χ2v) is 8.05. The second-order valence-electron chi connectivity index (χ2n) is 8.05. The number of hydrogen-bond donors (Lipinski definition) is 1. The fourth-order valence-electron chi connectivity index (χ4n) is 4.41. The molecule has 5 rings (SSSR count). The molecular formula is C26H24N2O3. The summed E-state index contributed by atoms with van der Waals surface area (Å²) in [5.41, 5.74) is 4.12. The van der Waals surface area contributed by atoms with Crippen molar-refractivity contribution in [2.45, 2.75) is 38.3 Å². The number of carboxylic acids is 1. The summed E-state index contributed by atoms with van der Waals surface area (Å²) in [6.45, 7) is 0.527. The van der Waals surface area contributed by atoms with E-state index in [0.29, 0.717) is 12.6 Å². The Labute approximate surface area is 180 Å². The van der Waals surface area contributed by atoms with Gasteiger partial charge in [-0.2, -0.15) is 0 Å². The number of ether oxygens (including phenoxy) is 1. The van der Waals surface area contributed by atoms with Gasteiger partial charge in [-0.1, -0.05) is 43.2 Å². The number of nitrogens with zero attached hydrogens (tertiary/aromatic N) is 2. The van der Waals surface area contributed by atoms with Crippen molar-refractivity contribution in [1.82, 2.24) is 9.55 Å². The highest BCUT2D eigenvalue weighted by molar-refractivity contribution is 5.93. The van der Waals surface area contributed by atoms with Crippen LogP contribution in [0.15, 0.2) is 72.8 Å². The van der Waals surface area contributed by atoms with E-state index in [1.54, 1.807) is 12.1 Å². The number of hydrogen-bond acceptors (Lipinski definition) is 3. The number of imidazole rings is 1. The quantitative estimate of drug-likeness (QED) is 0.416. The van der Waals surface area contributed by atoms with Crippen LogP contribution in [0.5, 0.6) is 5.75 Å². The van der Waals surface area contributed by atoms with Gasteiger partial charge in [-0.05, 0) is 60.9 Å². The maximum atomic E-state index is 11.4. The number of carboxylic acid groups (broad SMARTS) is 1. The molecule has 3 aromatic carbocycles. The van der Waals surface area contributed by atoms with Crippen LogP contribution in [0.25, 0.3) is 22.4 Å². The van der Waals surface area contributed by atoms with Gasteiger partial charge < -0.3 is 14.4 Å². The highest BCUT2D eigenvalue weighted by Gasteiger charge is 2.24. The number of rotatable bonds is 6. The molecule has 1 aromatic heterocycles. The molecular weight excluding hydrogens is 388 g/mol. The van der Waals surface area contributed by atoms with Crippen LogP contribution in [0.4, 0.5) is 0 Å². The van der Waals surface area contributed by atoms with Gasteiger partial charge >= 0.3 is 5.97 Å². The van der Waals surface area contributed by atoms with Gasteiger partial charge in [0.1, 0.15) is 18.2 Å². The Kier molecular flexibility index (Phi) is 5.16. The highest BCUT2D eigenvalue weighted by Crippen LogP contribution is 2.37. The third kappa shape index (κ3) is 3.91. The Morgan fingerprint density at radius 2 is 1.74 bits per heavy atom. The van der Waals surface area contributed by atoms with Crippen molar-refractivity contribution in [3.05, 3.63) is 83.9 Å². The molecule has 5 heteroatoms. The van der Waals surface area contributed by atoms with Gasteiger partial charge in [0.15, 0.2) is 0 Å². The molecule has 0 bridgehead atoms. The van der Waals surface area contributed by atoms with E-state index in [1.165, 1.54) is 12.8 Å². The van der Waals surface area contributed by atoms with Crippen molar-refractivity contribution in [1.29, 1.82) is 0 Å². The van der Waals surface area contributed by atoms with Crippen LogP contribution in [0.3, 0.4) is 0 Å². The van der Waals surface area contributed by atoms with E-state index in [9.17, 15) is 9.90 Å². The lowest BCUT2D eigenvalue weighted by Gasteiger charge is -2.17. The number of aromatic carboxylic acids is 1. The van der Waals surface area contributed by atoms with Gasteiger partial charge in [0, 0.05) is 11.6 Å². The molecule has 1 N–H and O–H groups in total. The molecule has 0 spiro atoms. The lowest BCUT2D eigenvalue weighted by molar-refractivity contribution is 0.0697. The van der Waals surface area contributed by atoms with Crippen molar-refractivity contribution in [3.63, 3.8) is 0 Å². The van der Waals surface area contributed by atoms with Gasteiger partial charge in [-0.25, -0.2) is 9.78 Å². The molecule has 0 atom stereocenters. The molecule has 1 aliphatic rings. The average Bonchev–Trinajstić information content (AvgIpc) is 3.46. The molecule has 31 heavy (non-hydrogen) atoms. The zero-order valence-electron chi connectivity index (χ0n) is 17.2.